The lowest BCUT2D eigenvalue weighted by molar-refractivity contribution is -0.133. The molecule has 9 heteroatoms. The fourth-order valence-corrected chi connectivity index (χ4v) is 4.46. The van der Waals surface area contributed by atoms with Crippen LogP contribution in [-0.2, 0) is 26.0 Å². The Hall–Kier alpha value is -2.29. The van der Waals surface area contributed by atoms with E-state index in [9.17, 15) is 18.0 Å². The fourth-order valence-electron chi connectivity index (χ4n) is 2.76. The first-order valence-electron chi connectivity index (χ1n) is 7.73. The van der Waals surface area contributed by atoms with Crippen LogP contribution in [-0.4, -0.2) is 53.5 Å². The van der Waals surface area contributed by atoms with Crippen LogP contribution in [0.5, 0.6) is 0 Å². The standard InChI is InChI=1S/C15H18N4O4S/c20-14-5-4-13(15(21)17-9-11-3-1-2-7-16-11)18-19(14)12-6-8-24(22,23)10-12/h1-3,7,12H,4-6,8-10H2,(H,17,21)/t12-/m0/s1. The quantitative estimate of drug-likeness (QED) is 0.813. The Morgan fingerprint density at radius 3 is 2.83 bits per heavy atom. The largest absolute Gasteiger partial charge is 0.345 e. The van der Waals surface area contributed by atoms with E-state index < -0.39 is 15.9 Å². The van der Waals surface area contributed by atoms with Gasteiger partial charge in [-0.3, -0.25) is 14.6 Å². The molecule has 1 fully saturated rings. The van der Waals surface area contributed by atoms with E-state index in [1.165, 1.54) is 5.01 Å². The van der Waals surface area contributed by atoms with Gasteiger partial charge < -0.3 is 5.32 Å². The Morgan fingerprint density at radius 1 is 1.33 bits per heavy atom. The molecule has 1 N–H and O–H groups in total. The summed E-state index contributed by atoms with van der Waals surface area (Å²) >= 11 is 0. The van der Waals surface area contributed by atoms with Gasteiger partial charge in [0.25, 0.3) is 5.91 Å². The van der Waals surface area contributed by atoms with Gasteiger partial charge in [-0.25, -0.2) is 13.4 Å². The molecule has 0 saturated carbocycles. The second-order valence-corrected chi connectivity index (χ2v) is 8.07. The number of pyridine rings is 1. The number of hydrogen-bond donors (Lipinski definition) is 1. The second kappa shape index (κ2) is 6.68. The molecule has 2 aliphatic heterocycles. The van der Waals surface area contributed by atoms with Crippen molar-refractivity contribution in [3.63, 3.8) is 0 Å². The number of carbonyl (C=O) groups excluding carboxylic acids is 2. The second-order valence-electron chi connectivity index (χ2n) is 5.85. The summed E-state index contributed by atoms with van der Waals surface area (Å²) in [6.07, 6.45) is 2.41. The van der Waals surface area contributed by atoms with E-state index in [1.807, 2.05) is 6.07 Å². The van der Waals surface area contributed by atoms with E-state index in [1.54, 1.807) is 18.3 Å². The Balaban J connectivity index is 1.67. The van der Waals surface area contributed by atoms with Gasteiger partial charge in [0.1, 0.15) is 5.71 Å². The van der Waals surface area contributed by atoms with Gasteiger partial charge in [-0.1, -0.05) is 6.07 Å². The molecule has 8 nitrogen and oxygen atoms in total. The van der Waals surface area contributed by atoms with Gasteiger partial charge >= 0.3 is 0 Å². The number of carbonyl (C=O) groups is 2. The Bertz CT molecular complexity index is 776. The summed E-state index contributed by atoms with van der Waals surface area (Å²) in [5.74, 6) is -0.638. The number of nitrogens with zero attached hydrogens (tertiary/aromatic N) is 3. The van der Waals surface area contributed by atoms with Crippen LogP contribution in [0, 0.1) is 0 Å². The van der Waals surface area contributed by atoms with E-state index in [0.717, 1.165) is 5.69 Å². The highest BCUT2D eigenvalue weighted by atomic mass is 32.2. The monoisotopic (exact) mass is 350 g/mol. The van der Waals surface area contributed by atoms with Gasteiger partial charge in [0.2, 0.25) is 5.91 Å². The maximum atomic E-state index is 12.2. The summed E-state index contributed by atoms with van der Waals surface area (Å²) in [7, 11) is -3.12. The zero-order valence-corrected chi connectivity index (χ0v) is 13.8. The van der Waals surface area contributed by atoms with Crippen molar-refractivity contribution in [3.8, 4) is 0 Å². The molecule has 0 unspecified atom stereocenters. The molecule has 2 aliphatic rings. The summed E-state index contributed by atoms with van der Waals surface area (Å²) in [6, 6.07) is 4.94. The molecule has 128 valence electrons. The summed E-state index contributed by atoms with van der Waals surface area (Å²) in [6.45, 7) is 0.268. The van der Waals surface area contributed by atoms with E-state index in [2.05, 4.69) is 15.4 Å². The molecular weight excluding hydrogens is 332 g/mol. The summed E-state index contributed by atoms with van der Waals surface area (Å²) < 4.78 is 23.2. The van der Waals surface area contributed by atoms with Gasteiger partial charge in [0.15, 0.2) is 9.84 Å². The molecule has 1 aromatic heterocycles. The zero-order valence-electron chi connectivity index (χ0n) is 13.0. The average Bonchev–Trinajstić information content (AvgIpc) is 2.94. The van der Waals surface area contributed by atoms with Crippen LogP contribution in [0.2, 0.25) is 0 Å². The molecule has 1 aromatic rings. The minimum Gasteiger partial charge on any atom is -0.345 e. The van der Waals surface area contributed by atoms with Crippen LogP contribution in [0.3, 0.4) is 0 Å². The van der Waals surface area contributed by atoms with Gasteiger partial charge in [0, 0.05) is 19.0 Å². The molecule has 3 rings (SSSR count). The van der Waals surface area contributed by atoms with E-state index >= 15 is 0 Å². The number of aromatic nitrogens is 1. The molecule has 1 atom stereocenters. The summed E-state index contributed by atoms with van der Waals surface area (Å²) in [5.41, 5.74) is 0.965. The van der Waals surface area contributed by atoms with Crippen LogP contribution >= 0.6 is 0 Å². The van der Waals surface area contributed by atoms with Crippen molar-refractivity contribution in [2.75, 3.05) is 11.5 Å². The Morgan fingerprint density at radius 2 is 2.17 bits per heavy atom. The number of amides is 2. The molecule has 0 bridgehead atoms. The van der Waals surface area contributed by atoms with Gasteiger partial charge in [-0.2, -0.15) is 5.10 Å². The zero-order chi connectivity index (χ0) is 17.2. The normalized spacial score (nSPS) is 23.0. The lowest BCUT2D eigenvalue weighted by Crippen LogP contribution is -2.43. The fraction of sp³-hybridized carbons (Fsp3) is 0.467. The topological polar surface area (TPSA) is 109 Å². The lowest BCUT2D eigenvalue weighted by Gasteiger charge is -2.27. The van der Waals surface area contributed by atoms with Crippen molar-refractivity contribution in [1.82, 2.24) is 15.3 Å². The maximum absolute atomic E-state index is 12.2. The van der Waals surface area contributed by atoms with Crippen LogP contribution in [0.1, 0.15) is 25.0 Å². The van der Waals surface area contributed by atoms with Crippen molar-refractivity contribution >= 4 is 27.4 Å². The van der Waals surface area contributed by atoms with Crippen LogP contribution in [0.4, 0.5) is 0 Å². The molecule has 2 amide bonds. The molecular formula is C15H18N4O4S. The summed E-state index contributed by atoms with van der Waals surface area (Å²) in [4.78, 5) is 28.4. The lowest BCUT2D eigenvalue weighted by atomic mass is 10.1. The molecule has 1 saturated heterocycles. The average molecular weight is 350 g/mol. The van der Waals surface area contributed by atoms with E-state index in [-0.39, 0.29) is 48.4 Å². The first-order chi connectivity index (χ1) is 11.4. The Labute approximate surface area is 139 Å². The van der Waals surface area contributed by atoms with Crippen molar-refractivity contribution in [2.45, 2.75) is 31.8 Å². The maximum Gasteiger partial charge on any atom is 0.267 e. The van der Waals surface area contributed by atoms with Crippen molar-refractivity contribution in [1.29, 1.82) is 0 Å². The minimum atomic E-state index is -3.12. The SMILES string of the molecule is O=C(NCc1ccccn1)C1=NN([C@H]2CCS(=O)(=O)C2)C(=O)CC1. The van der Waals surface area contributed by atoms with E-state index in [4.69, 9.17) is 0 Å². The predicted octanol–water partition coefficient (Wildman–Crippen LogP) is -0.137. The van der Waals surface area contributed by atoms with Gasteiger partial charge in [0.05, 0.1) is 29.8 Å². The van der Waals surface area contributed by atoms with Gasteiger partial charge in [-0.15, -0.1) is 0 Å². The number of hydrogen-bond acceptors (Lipinski definition) is 6. The third kappa shape index (κ3) is 3.78. The first kappa shape index (κ1) is 16.6. The summed E-state index contributed by atoms with van der Waals surface area (Å²) in [5, 5.41) is 8.03. The molecule has 3 heterocycles. The van der Waals surface area contributed by atoms with Gasteiger partial charge in [-0.05, 0) is 18.6 Å². The number of nitrogens with one attached hydrogen (secondary N) is 1. The van der Waals surface area contributed by atoms with Crippen LogP contribution < -0.4 is 5.32 Å². The molecule has 0 radical (unpaired) electrons. The molecule has 0 spiro atoms. The third-order valence-electron chi connectivity index (χ3n) is 4.03. The highest BCUT2D eigenvalue weighted by Crippen LogP contribution is 2.22. The predicted molar refractivity (Wildman–Crippen MR) is 86.7 cm³/mol. The first-order valence-corrected chi connectivity index (χ1v) is 9.55. The number of hydrazone groups is 1. The number of rotatable bonds is 4. The van der Waals surface area contributed by atoms with Crippen molar-refractivity contribution in [2.24, 2.45) is 5.10 Å². The number of sulfone groups is 1. The molecule has 24 heavy (non-hydrogen) atoms. The van der Waals surface area contributed by atoms with Crippen LogP contribution in [0.15, 0.2) is 29.5 Å². The van der Waals surface area contributed by atoms with Crippen LogP contribution in [0.25, 0.3) is 0 Å². The van der Waals surface area contributed by atoms with Crippen molar-refractivity contribution < 1.29 is 18.0 Å². The third-order valence-corrected chi connectivity index (χ3v) is 5.78. The highest BCUT2D eigenvalue weighted by molar-refractivity contribution is 7.91. The van der Waals surface area contributed by atoms with E-state index in [0.29, 0.717) is 6.42 Å². The highest BCUT2D eigenvalue weighted by Gasteiger charge is 2.37. The molecule has 0 aliphatic carbocycles. The van der Waals surface area contributed by atoms with Crippen molar-refractivity contribution in [3.05, 3.63) is 30.1 Å². The minimum absolute atomic E-state index is 0.0537. The Kier molecular flexibility index (Phi) is 4.61. The smallest absolute Gasteiger partial charge is 0.267 e. The molecule has 0 aromatic carbocycles.